The van der Waals surface area contributed by atoms with Crippen LogP contribution in [0.1, 0.15) is 19.8 Å². The van der Waals surface area contributed by atoms with E-state index in [4.69, 9.17) is 30.5 Å². The summed E-state index contributed by atoms with van der Waals surface area (Å²) in [4.78, 5) is 0. The Balaban J connectivity index is 2.02. The van der Waals surface area contributed by atoms with Gasteiger partial charge in [0, 0.05) is 31.2 Å². The summed E-state index contributed by atoms with van der Waals surface area (Å²) in [6, 6.07) is 5.48. The highest BCUT2D eigenvalue weighted by atomic mass is 35.5. The molecule has 4 nitrogen and oxygen atoms in total. The van der Waals surface area contributed by atoms with Crippen LogP contribution in [-0.4, -0.2) is 38.4 Å². The summed E-state index contributed by atoms with van der Waals surface area (Å²) in [6.45, 7) is 2.78. The van der Waals surface area contributed by atoms with Crippen LogP contribution in [0.25, 0.3) is 0 Å². The SMILES string of the molecule is CCCOC1C(Cl)CC1Oc1cc(OC)cc(OC)c1. The van der Waals surface area contributed by atoms with Crippen molar-refractivity contribution in [1.82, 2.24) is 0 Å². The van der Waals surface area contributed by atoms with Gasteiger partial charge in [-0.25, -0.2) is 0 Å². The molecule has 1 aliphatic carbocycles. The van der Waals surface area contributed by atoms with E-state index in [0.717, 1.165) is 12.8 Å². The van der Waals surface area contributed by atoms with Crippen molar-refractivity contribution in [1.29, 1.82) is 0 Å². The molecule has 3 atom stereocenters. The van der Waals surface area contributed by atoms with E-state index >= 15 is 0 Å². The molecule has 0 heterocycles. The maximum Gasteiger partial charge on any atom is 0.128 e. The molecule has 1 fully saturated rings. The van der Waals surface area contributed by atoms with E-state index in [2.05, 4.69) is 6.92 Å². The minimum atomic E-state index is -0.0474. The number of halogens is 1. The molecule has 1 aliphatic rings. The van der Waals surface area contributed by atoms with Gasteiger partial charge in [-0.3, -0.25) is 0 Å². The third-order valence-corrected chi connectivity index (χ3v) is 3.73. The van der Waals surface area contributed by atoms with Crippen molar-refractivity contribution in [2.75, 3.05) is 20.8 Å². The molecule has 0 saturated heterocycles. The summed E-state index contributed by atoms with van der Waals surface area (Å²) in [5, 5.41) is 0.0269. The maximum absolute atomic E-state index is 6.17. The molecule has 5 heteroatoms. The van der Waals surface area contributed by atoms with Crippen LogP contribution in [0.3, 0.4) is 0 Å². The molecule has 0 aromatic heterocycles. The Morgan fingerprint density at radius 1 is 1.10 bits per heavy atom. The van der Waals surface area contributed by atoms with Crippen LogP contribution in [0.4, 0.5) is 0 Å². The highest BCUT2D eigenvalue weighted by Crippen LogP contribution is 2.35. The zero-order valence-corrected chi connectivity index (χ0v) is 12.9. The van der Waals surface area contributed by atoms with Gasteiger partial charge >= 0.3 is 0 Å². The molecule has 0 bridgehead atoms. The monoisotopic (exact) mass is 300 g/mol. The fourth-order valence-electron chi connectivity index (χ4n) is 2.13. The Bertz CT molecular complexity index is 416. The van der Waals surface area contributed by atoms with E-state index in [9.17, 15) is 0 Å². The molecule has 0 radical (unpaired) electrons. The van der Waals surface area contributed by atoms with Gasteiger partial charge in [-0.05, 0) is 6.42 Å². The molecule has 2 rings (SSSR count). The first-order valence-electron chi connectivity index (χ1n) is 6.83. The van der Waals surface area contributed by atoms with Crippen LogP contribution in [0, 0.1) is 0 Å². The second-order valence-corrected chi connectivity index (χ2v) is 5.35. The standard InChI is InChI=1S/C15H21ClO4/c1-4-5-19-15-13(16)9-14(15)20-12-7-10(17-2)6-11(8-12)18-3/h6-8,13-15H,4-5,9H2,1-3H3. The number of methoxy groups -OCH3 is 2. The summed E-state index contributed by atoms with van der Waals surface area (Å²) in [6.07, 6.45) is 1.70. The van der Waals surface area contributed by atoms with E-state index in [1.807, 2.05) is 18.2 Å². The van der Waals surface area contributed by atoms with E-state index in [1.165, 1.54) is 0 Å². The molecule has 0 amide bonds. The van der Waals surface area contributed by atoms with Crippen molar-refractivity contribution in [3.8, 4) is 17.2 Å². The lowest BCUT2D eigenvalue weighted by Crippen LogP contribution is -2.52. The molecular weight excluding hydrogens is 280 g/mol. The molecule has 0 aliphatic heterocycles. The minimum absolute atomic E-state index is 0.0131. The number of alkyl halides is 1. The smallest absolute Gasteiger partial charge is 0.128 e. The minimum Gasteiger partial charge on any atom is -0.496 e. The van der Waals surface area contributed by atoms with Crippen LogP contribution in [0.5, 0.6) is 17.2 Å². The Morgan fingerprint density at radius 2 is 1.70 bits per heavy atom. The lowest BCUT2D eigenvalue weighted by Gasteiger charge is -2.40. The van der Waals surface area contributed by atoms with Gasteiger partial charge in [0.25, 0.3) is 0 Å². The molecule has 3 unspecified atom stereocenters. The van der Waals surface area contributed by atoms with Crippen molar-refractivity contribution in [3.63, 3.8) is 0 Å². The first-order chi connectivity index (χ1) is 9.67. The van der Waals surface area contributed by atoms with Gasteiger partial charge in [0.15, 0.2) is 0 Å². The summed E-state index contributed by atoms with van der Waals surface area (Å²) in [5.74, 6) is 2.11. The second-order valence-electron chi connectivity index (χ2n) is 4.79. The molecule has 1 aromatic rings. The quantitative estimate of drug-likeness (QED) is 0.724. The maximum atomic E-state index is 6.17. The van der Waals surface area contributed by atoms with Crippen molar-refractivity contribution in [3.05, 3.63) is 18.2 Å². The van der Waals surface area contributed by atoms with E-state index in [-0.39, 0.29) is 17.6 Å². The zero-order valence-electron chi connectivity index (χ0n) is 12.1. The van der Waals surface area contributed by atoms with Crippen LogP contribution < -0.4 is 14.2 Å². The third-order valence-electron chi connectivity index (χ3n) is 3.31. The first kappa shape index (κ1) is 15.3. The van der Waals surface area contributed by atoms with Crippen molar-refractivity contribution in [2.24, 2.45) is 0 Å². The molecule has 112 valence electrons. The Hall–Kier alpha value is -1.13. The van der Waals surface area contributed by atoms with Gasteiger partial charge in [-0.2, -0.15) is 0 Å². The molecule has 0 N–H and O–H groups in total. The molecular formula is C15H21ClO4. The normalized spacial score (nSPS) is 24.9. The average molecular weight is 301 g/mol. The lowest BCUT2D eigenvalue weighted by atomic mass is 9.91. The van der Waals surface area contributed by atoms with Gasteiger partial charge in [0.05, 0.1) is 19.6 Å². The fraction of sp³-hybridized carbons (Fsp3) is 0.600. The highest BCUT2D eigenvalue weighted by molar-refractivity contribution is 6.21. The van der Waals surface area contributed by atoms with Gasteiger partial charge < -0.3 is 18.9 Å². The zero-order chi connectivity index (χ0) is 14.5. The molecule has 1 saturated carbocycles. The average Bonchev–Trinajstić information content (AvgIpc) is 2.46. The third kappa shape index (κ3) is 3.49. The topological polar surface area (TPSA) is 36.9 Å². The van der Waals surface area contributed by atoms with Crippen molar-refractivity contribution >= 4 is 11.6 Å². The van der Waals surface area contributed by atoms with Crippen LogP contribution >= 0.6 is 11.6 Å². The molecule has 0 spiro atoms. The fourth-order valence-corrected chi connectivity index (χ4v) is 2.54. The Kier molecular flexibility index (Phi) is 5.38. The number of rotatable bonds is 7. The summed E-state index contributed by atoms with van der Waals surface area (Å²) >= 11 is 6.17. The highest BCUT2D eigenvalue weighted by Gasteiger charge is 2.42. The Morgan fingerprint density at radius 3 is 2.20 bits per heavy atom. The van der Waals surface area contributed by atoms with Gasteiger partial charge in [-0.1, -0.05) is 6.92 Å². The second kappa shape index (κ2) is 7.04. The van der Waals surface area contributed by atoms with Gasteiger partial charge in [-0.15, -0.1) is 11.6 Å². The van der Waals surface area contributed by atoms with Crippen LogP contribution in [-0.2, 0) is 4.74 Å². The molecule has 20 heavy (non-hydrogen) atoms. The number of benzene rings is 1. The summed E-state index contributed by atoms with van der Waals surface area (Å²) in [7, 11) is 3.23. The first-order valence-corrected chi connectivity index (χ1v) is 7.27. The number of ether oxygens (including phenoxy) is 4. The number of hydrogen-bond acceptors (Lipinski definition) is 4. The van der Waals surface area contributed by atoms with Gasteiger partial charge in [0.2, 0.25) is 0 Å². The summed E-state index contributed by atoms with van der Waals surface area (Å²) in [5.41, 5.74) is 0. The lowest BCUT2D eigenvalue weighted by molar-refractivity contribution is -0.0798. The predicted molar refractivity (Wildman–Crippen MR) is 78.3 cm³/mol. The number of hydrogen-bond donors (Lipinski definition) is 0. The van der Waals surface area contributed by atoms with E-state index in [0.29, 0.717) is 23.9 Å². The van der Waals surface area contributed by atoms with E-state index < -0.39 is 0 Å². The predicted octanol–water partition coefficient (Wildman–Crippen LogP) is 3.26. The molecule has 1 aromatic carbocycles. The van der Waals surface area contributed by atoms with Crippen LogP contribution in [0.2, 0.25) is 0 Å². The van der Waals surface area contributed by atoms with Gasteiger partial charge in [0.1, 0.15) is 29.5 Å². The van der Waals surface area contributed by atoms with E-state index in [1.54, 1.807) is 14.2 Å². The van der Waals surface area contributed by atoms with Crippen molar-refractivity contribution < 1.29 is 18.9 Å². The van der Waals surface area contributed by atoms with Crippen LogP contribution in [0.15, 0.2) is 18.2 Å². The Labute approximate surface area is 124 Å². The summed E-state index contributed by atoms with van der Waals surface area (Å²) < 4.78 is 22.1. The largest absolute Gasteiger partial charge is 0.496 e. The van der Waals surface area contributed by atoms with Crippen molar-refractivity contribution in [2.45, 2.75) is 37.4 Å².